The monoisotopic (exact) mass is 565 g/mol. The minimum Gasteiger partial charge on any atom is -0.465 e. The third-order valence-electron chi connectivity index (χ3n) is 4.57. The van der Waals surface area contributed by atoms with E-state index in [9.17, 15) is 9.59 Å². The van der Waals surface area contributed by atoms with Crippen molar-refractivity contribution >= 4 is 54.4 Å². The van der Waals surface area contributed by atoms with Crippen LogP contribution < -0.4 is 9.47 Å². The molecule has 0 bridgehead atoms. The predicted molar refractivity (Wildman–Crippen MR) is 141 cm³/mol. The number of carbonyl (C=O) groups excluding carboxylic acids is 2. The van der Waals surface area contributed by atoms with E-state index in [1.165, 1.54) is 12.1 Å². The summed E-state index contributed by atoms with van der Waals surface area (Å²) in [6, 6.07) is 22.0. The topological polar surface area (TPSA) is 74.3 Å². The lowest BCUT2D eigenvalue weighted by atomic mass is 10.2. The maximum absolute atomic E-state index is 13.4. The van der Waals surface area contributed by atoms with Crippen molar-refractivity contribution in [3.05, 3.63) is 94.5 Å². The highest BCUT2D eigenvalue weighted by atomic mass is 35.5. The van der Waals surface area contributed by atoms with E-state index in [0.29, 0.717) is 10.0 Å². The molecule has 3 aromatic rings. The van der Waals surface area contributed by atoms with E-state index in [4.69, 9.17) is 54.0 Å². The van der Waals surface area contributed by atoms with Crippen molar-refractivity contribution in [1.82, 2.24) is 4.90 Å². The molecule has 1 amide bonds. The number of hydrogen-bond acceptors (Lipinski definition) is 7. The number of carbonyl (C=O) groups is 2. The molecular formula is C25H22Cl2NO6PS. The lowest BCUT2D eigenvalue weighted by Gasteiger charge is -2.38. The molecule has 0 saturated carbocycles. The molecule has 0 saturated heterocycles. The van der Waals surface area contributed by atoms with Gasteiger partial charge in [-0.1, -0.05) is 65.7 Å². The first-order chi connectivity index (χ1) is 17.3. The molecule has 0 aliphatic rings. The largest absolute Gasteiger partial charge is 0.465 e. The summed E-state index contributed by atoms with van der Waals surface area (Å²) in [4.78, 5) is 26.9. The van der Waals surface area contributed by atoms with E-state index in [0.717, 1.165) is 10.5 Å². The Hall–Kier alpha value is -2.90. The third kappa shape index (κ3) is 7.80. The van der Waals surface area contributed by atoms with Crippen LogP contribution in [-0.2, 0) is 32.7 Å². The van der Waals surface area contributed by atoms with Crippen molar-refractivity contribution in [2.24, 2.45) is 0 Å². The van der Waals surface area contributed by atoms with E-state index in [-0.39, 0.29) is 32.1 Å². The zero-order valence-corrected chi connectivity index (χ0v) is 22.4. The summed E-state index contributed by atoms with van der Waals surface area (Å²) in [6.07, 6.45) is -0.909. The Balaban J connectivity index is 2.03. The minimum atomic E-state index is -2.02. The molecule has 0 aliphatic heterocycles. The molecule has 0 heterocycles. The van der Waals surface area contributed by atoms with Crippen LogP contribution in [0.1, 0.15) is 12.5 Å². The Bertz CT molecular complexity index is 1150. The molecule has 0 unspecified atom stereocenters. The van der Waals surface area contributed by atoms with E-state index in [1.54, 1.807) is 55.5 Å². The van der Waals surface area contributed by atoms with Gasteiger partial charge in [0.25, 0.3) is 0 Å². The second kappa shape index (κ2) is 13.4. The third-order valence-corrected chi connectivity index (χ3v) is 6.39. The summed E-state index contributed by atoms with van der Waals surface area (Å²) in [7, 11) is -0.00676. The molecule has 0 atom stereocenters. The summed E-state index contributed by atoms with van der Waals surface area (Å²) in [5.74, 6) is -0.222. The smallest absolute Gasteiger partial charge is 0.417 e. The van der Waals surface area contributed by atoms with Gasteiger partial charge < -0.3 is 18.9 Å². The fourth-order valence-corrected chi connectivity index (χ4v) is 4.41. The Labute approximate surface area is 225 Å². The first-order valence-electron chi connectivity index (χ1n) is 10.7. The van der Waals surface area contributed by atoms with Gasteiger partial charge in [0.2, 0.25) is 0 Å². The summed E-state index contributed by atoms with van der Waals surface area (Å²) >= 11 is 17.7. The van der Waals surface area contributed by atoms with Crippen molar-refractivity contribution in [1.29, 1.82) is 0 Å². The number of amides is 1. The lowest BCUT2D eigenvalue weighted by molar-refractivity contribution is -0.163. The molecule has 7 nitrogen and oxygen atoms in total. The van der Waals surface area contributed by atoms with E-state index in [1.807, 2.05) is 18.2 Å². The van der Waals surface area contributed by atoms with Crippen molar-refractivity contribution in [2.75, 3.05) is 13.2 Å². The van der Waals surface area contributed by atoms with Crippen molar-refractivity contribution in [3.8, 4) is 11.5 Å². The molecule has 0 spiro atoms. The molecule has 0 fully saturated rings. The van der Waals surface area contributed by atoms with Crippen LogP contribution in [0.25, 0.3) is 0 Å². The second-order valence-electron chi connectivity index (χ2n) is 7.19. The molecular weight excluding hydrogens is 544 g/mol. The minimum absolute atomic E-state index is 0.00676. The zero-order valence-electron chi connectivity index (χ0n) is 19.1. The summed E-state index contributed by atoms with van der Waals surface area (Å²) in [5.41, 5.74) is -1.28. The highest BCUT2D eigenvalue weighted by Gasteiger charge is 2.47. The standard InChI is InChI=1S/C25H22Cl2NO6PS/c1-2-31-23(29)16-28(24(30)32-17-18-8-4-3-5-9-18)25(35-36,33-21-12-6-10-19(26)14-21)34-22-13-7-11-20(27)15-22/h3-15H,2,16-17H2,1H3. The Morgan fingerprint density at radius 2 is 1.47 bits per heavy atom. The van der Waals surface area contributed by atoms with Crippen molar-refractivity contribution < 1.29 is 28.5 Å². The molecule has 0 radical (unpaired) electrons. The molecule has 3 rings (SSSR count). The summed E-state index contributed by atoms with van der Waals surface area (Å²) < 4.78 is 22.9. The van der Waals surface area contributed by atoms with Crippen LogP contribution in [0.2, 0.25) is 10.0 Å². The van der Waals surface area contributed by atoms with Crippen molar-refractivity contribution in [3.63, 3.8) is 0 Å². The second-order valence-corrected chi connectivity index (χ2v) is 9.36. The van der Waals surface area contributed by atoms with Gasteiger partial charge in [-0.15, -0.1) is 0 Å². The van der Waals surface area contributed by atoms with Crippen LogP contribution in [0, 0.1) is 0 Å². The van der Waals surface area contributed by atoms with Gasteiger partial charge in [-0.3, -0.25) is 4.79 Å². The van der Waals surface area contributed by atoms with Crippen LogP contribution in [0.5, 0.6) is 11.5 Å². The fraction of sp³-hybridized carbons (Fsp3) is 0.200. The molecule has 0 aliphatic carbocycles. The van der Waals surface area contributed by atoms with Crippen LogP contribution in [-0.4, -0.2) is 35.8 Å². The Morgan fingerprint density at radius 1 is 0.889 bits per heavy atom. The fourth-order valence-electron chi connectivity index (χ4n) is 3.00. The average molecular weight is 566 g/mol. The van der Waals surface area contributed by atoms with Gasteiger partial charge >= 0.3 is 17.7 Å². The number of rotatable bonds is 11. The van der Waals surface area contributed by atoms with E-state index < -0.39 is 24.3 Å². The zero-order chi connectivity index (χ0) is 26.0. The van der Waals surface area contributed by atoms with Gasteiger partial charge in [0, 0.05) is 10.0 Å². The van der Waals surface area contributed by atoms with Crippen LogP contribution in [0.3, 0.4) is 0 Å². The predicted octanol–water partition coefficient (Wildman–Crippen LogP) is 6.67. The molecule has 188 valence electrons. The number of ether oxygens (including phenoxy) is 4. The lowest BCUT2D eigenvalue weighted by Crippen LogP contribution is -2.57. The van der Waals surface area contributed by atoms with Gasteiger partial charge in [0.1, 0.15) is 24.7 Å². The molecule has 3 aromatic carbocycles. The number of esters is 1. The van der Waals surface area contributed by atoms with Crippen LogP contribution in [0.15, 0.2) is 78.9 Å². The van der Waals surface area contributed by atoms with E-state index in [2.05, 4.69) is 0 Å². The van der Waals surface area contributed by atoms with Gasteiger partial charge in [0.15, 0.2) is 0 Å². The summed E-state index contributed by atoms with van der Waals surface area (Å²) in [5, 5.41) is 0.766. The van der Waals surface area contributed by atoms with Gasteiger partial charge in [-0.05, 0) is 60.7 Å². The highest BCUT2D eigenvalue weighted by Crippen LogP contribution is 2.36. The Morgan fingerprint density at radius 3 is 1.97 bits per heavy atom. The molecule has 11 heteroatoms. The first-order valence-corrected chi connectivity index (χ1v) is 13.4. The molecule has 36 heavy (non-hydrogen) atoms. The number of nitrogens with zero attached hydrogens (tertiary/aromatic N) is 1. The normalized spacial score (nSPS) is 11.0. The van der Waals surface area contributed by atoms with E-state index >= 15 is 0 Å². The number of hydrogen-bond donors (Lipinski definition) is 0. The average Bonchev–Trinajstić information content (AvgIpc) is 2.86. The Kier molecular flexibility index (Phi) is 10.3. The van der Waals surface area contributed by atoms with Crippen LogP contribution in [0.4, 0.5) is 4.79 Å². The molecule has 0 aromatic heterocycles. The molecule has 0 N–H and O–H groups in total. The number of halogens is 2. The SMILES string of the molecule is CCOC(=O)CN(C(=O)OCc1ccccc1)C(Oc1cccc(Cl)c1)(Oc1cccc(Cl)c1)P=S. The van der Waals surface area contributed by atoms with Crippen molar-refractivity contribution in [2.45, 2.75) is 19.2 Å². The maximum Gasteiger partial charge on any atom is 0.417 e. The summed E-state index contributed by atoms with van der Waals surface area (Å²) in [6.45, 7) is 1.14. The maximum atomic E-state index is 13.4. The first kappa shape index (κ1) is 27.7. The highest BCUT2D eigenvalue weighted by molar-refractivity contribution is 7.97. The van der Waals surface area contributed by atoms with Gasteiger partial charge in [0.05, 0.1) is 14.0 Å². The van der Waals surface area contributed by atoms with Gasteiger partial charge in [-0.25, -0.2) is 9.69 Å². The van der Waals surface area contributed by atoms with Gasteiger partial charge in [-0.2, -0.15) is 0 Å². The quantitative estimate of drug-likeness (QED) is 0.146. The van der Waals surface area contributed by atoms with Crippen LogP contribution >= 0.6 is 30.6 Å². The number of benzene rings is 3.